The third kappa shape index (κ3) is 3.08. The predicted molar refractivity (Wildman–Crippen MR) is 130 cm³/mol. The summed E-state index contributed by atoms with van der Waals surface area (Å²) in [5.74, 6) is 1.36. The Morgan fingerprint density at radius 3 is 2.77 bits per heavy atom. The van der Waals surface area contributed by atoms with Crippen molar-refractivity contribution in [1.82, 2.24) is 44.7 Å². The number of anilines is 1. The van der Waals surface area contributed by atoms with E-state index in [-0.39, 0.29) is 11.5 Å². The summed E-state index contributed by atoms with van der Waals surface area (Å²) in [4.78, 5) is 16.2. The zero-order valence-corrected chi connectivity index (χ0v) is 19.5. The van der Waals surface area contributed by atoms with E-state index in [4.69, 9.17) is 27.3 Å². The molecule has 3 N–H and O–H groups in total. The topological polar surface area (TPSA) is 132 Å². The Balaban J connectivity index is 1.15. The van der Waals surface area contributed by atoms with Crippen molar-refractivity contribution in [2.75, 3.05) is 18.0 Å². The molecule has 1 atom stereocenters. The van der Waals surface area contributed by atoms with Gasteiger partial charge in [0.05, 0.1) is 23.0 Å². The summed E-state index contributed by atoms with van der Waals surface area (Å²) in [7, 11) is 0. The highest BCUT2D eigenvalue weighted by atomic mass is 35.5. The lowest BCUT2D eigenvalue weighted by atomic mass is 9.73. The van der Waals surface area contributed by atoms with Crippen molar-refractivity contribution < 1.29 is 0 Å². The number of halogens is 1. The van der Waals surface area contributed by atoms with E-state index in [1.54, 1.807) is 23.3 Å². The van der Waals surface area contributed by atoms with Gasteiger partial charge in [-0.3, -0.25) is 9.78 Å². The van der Waals surface area contributed by atoms with Crippen LogP contribution in [0.2, 0.25) is 5.02 Å². The van der Waals surface area contributed by atoms with Crippen LogP contribution in [0, 0.1) is 5.41 Å². The molecule has 7 rings (SSSR count). The van der Waals surface area contributed by atoms with Gasteiger partial charge in [-0.1, -0.05) is 11.6 Å². The standard InChI is InChI=1S/C23H22ClN11/c24-17-14(2-7-26-22(17)34-9-1-6-28-34)18-19-21(32-31-18)30-16(12-27-19)33-10-4-23(5-11-33)13-35-15(20(23)25)3-8-29-35/h1-3,6-9,12,20H,4-5,10-11,13,25H2,(H,30,31,32)/t20-/m1/s1. The van der Waals surface area contributed by atoms with Crippen molar-refractivity contribution in [3.63, 3.8) is 0 Å². The van der Waals surface area contributed by atoms with Crippen molar-refractivity contribution >= 4 is 28.6 Å². The van der Waals surface area contributed by atoms with Crippen molar-refractivity contribution in [1.29, 1.82) is 0 Å². The Bertz CT molecular complexity index is 1530. The van der Waals surface area contributed by atoms with E-state index in [1.165, 1.54) is 0 Å². The van der Waals surface area contributed by atoms with Crippen LogP contribution < -0.4 is 10.6 Å². The molecule has 0 bridgehead atoms. The van der Waals surface area contributed by atoms with Crippen LogP contribution in [-0.2, 0) is 6.54 Å². The first-order valence-electron chi connectivity index (χ1n) is 11.5. The number of hydrogen-bond donors (Lipinski definition) is 2. The maximum atomic E-state index is 6.69. The molecule has 0 radical (unpaired) electrons. The van der Waals surface area contributed by atoms with Crippen LogP contribution >= 0.6 is 11.6 Å². The first-order chi connectivity index (χ1) is 17.1. The van der Waals surface area contributed by atoms with Gasteiger partial charge in [-0.05, 0) is 31.0 Å². The molecule has 35 heavy (non-hydrogen) atoms. The molecule has 5 aromatic heterocycles. The van der Waals surface area contributed by atoms with E-state index in [2.05, 4.69) is 35.0 Å². The molecule has 0 saturated carbocycles. The molecule has 0 amide bonds. The summed E-state index contributed by atoms with van der Waals surface area (Å²) < 4.78 is 3.68. The van der Waals surface area contributed by atoms with Gasteiger partial charge >= 0.3 is 0 Å². The number of nitrogens with one attached hydrogen (secondary N) is 1. The first-order valence-corrected chi connectivity index (χ1v) is 11.9. The molecule has 1 fully saturated rings. The lowest BCUT2D eigenvalue weighted by Gasteiger charge is -2.41. The highest BCUT2D eigenvalue weighted by Crippen LogP contribution is 2.48. The average molecular weight is 488 g/mol. The molecule has 0 aromatic carbocycles. The zero-order chi connectivity index (χ0) is 23.6. The molecule has 7 heterocycles. The molecule has 1 spiro atoms. The number of piperidine rings is 1. The molecule has 12 heteroatoms. The second-order valence-corrected chi connectivity index (χ2v) is 9.56. The Labute approximate surface area is 205 Å². The van der Waals surface area contributed by atoms with Crippen molar-refractivity contribution in [2.45, 2.75) is 25.4 Å². The van der Waals surface area contributed by atoms with Gasteiger partial charge in [0, 0.05) is 55.4 Å². The van der Waals surface area contributed by atoms with Crippen LogP contribution in [0.5, 0.6) is 0 Å². The zero-order valence-electron chi connectivity index (χ0n) is 18.7. The second-order valence-electron chi connectivity index (χ2n) is 9.19. The molecular formula is C23H22ClN11. The second kappa shape index (κ2) is 7.59. The number of aromatic nitrogens is 9. The molecule has 11 nitrogen and oxygen atoms in total. The molecule has 0 aliphatic carbocycles. The third-order valence-corrected chi connectivity index (χ3v) is 7.75. The van der Waals surface area contributed by atoms with E-state index in [0.717, 1.165) is 44.0 Å². The predicted octanol–water partition coefficient (Wildman–Crippen LogP) is 2.75. The van der Waals surface area contributed by atoms with Crippen molar-refractivity contribution in [3.8, 4) is 17.1 Å². The lowest BCUT2D eigenvalue weighted by Crippen LogP contribution is -2.45. The van der Waals surface area contributed by atoms with Gasteiger partial charge in [-0.2, -0.15) is 15.3 Å². The Morgan fingerprint density at radius 2 is 1.97 bits per heavy atom. The fourth-order valence-electron chi connectivity index (χ4n) is 5.40. The van der Waals surface area contributed by atoms with E-state index < -0.39 is 0 Å². The quantitative estimate of drug-likeness (QED) is 0.397. The fourth-order valence-corrected chi connectivity index (χ4v) is 5.69. The molecular weight excluding hydrogens is 466 g/mol. The van der Waals surface area contributed by atoms with Gasteiger partial charge in [-0.25, -0.2) is 19.6 Å². The summed E-state index contributed by atoms with van der Waals surface area (Å²) in [6.45, 7) is 2.61. The Kier molecular flexibility index (Phi) is 4.45. The summed E-state index contributed by atoms with van der Waals surface area (Å²) >= 11 is 6.69. The van der Waals surface area contributed by atoms with Crippen LogP contribution in [0.3, 0.4) is 0 Å². The maximum absolute atomic E-state index is 6.69. The normalized spacial score (nSPS) is 19.0. The Hall–Kier alpha value is -3.83. The minimum Gasteiger partial charge on any atom is -0.355 e. The van der Waals surface area contributed by atoms with Crippen LogP contribution in [-0.4, -0.2) is 57.8 Å². The smallest absolute Gasteiger partial charge is 0.177 e. The van der Waals surface area contributed by atoms with Crippen molar-refractivity contribution in [2.24, 2.45) is 11.1 Å². The molecule has 0 unspecified atom stereocenters. The number of pyridine rings is 1. The highest BCUT2D eigenvalue weighted by Gasteiger charge is 2.47. The summed E-state index contributed by atoms with van der Waals surface area (Å²) in [6, 6.07) is 5.69. The van der Waals surface area contributed by atoms with Gasteiger partial charge in [-0.15, -0.1) is 0 Å². The average Bonchev–Trinajstić information content (AvgIpc) is 3.67. The number of hydrogen-bond acceptors (Lipinski definition) is 8. The van der Waals surface area contributed by atoms with E-state index >= 15 is 0 Å². The fraction of sp³-hybridized carbons (Fsp3) is 0.304. The van der Waals surface area contributed by atoms with Gasteiger partial charge in [0.25, 0.3) is 0 Å². The maximum Gasteiger partial charge on any atom is 0.177 e. The van der Waals surface area contributed by atoms with E-state index in [1.807, 2.05) is 30.6 Å². The van der Waals surface area contributed by atoms with Crippen LogP contribution in [0.15, 0.2) is 49.2 Å². The van der Waals surface area contributed by atoms with Crippen LogP contribution in [0.1, 0.15) is 24.6 Å². The number of fused-ring (bicyclic) bond motifs is 2. The number of aromatic amines is 1. The summed E-state index contributed by atoms with van der Waals surface area (Å²) in [5.41, 5.74) is 10.4. The number of nitrogens with two attached hydrogens (primary N) is 1. The number of nitrogens with zero attached hydrogens (tertiary/aromatic N) is 9. The van der Waals surface area contributed by atoms with Gasteiger partial charge < -0.3 is 10.6 Å². The van der Waals surface area contributed by atoms with Gasteiger partial charge in [0.15, 0.2) is 11.5 Å². The minimum absolute atomic E-state index is 0.0209. The number of H-pyrrole nitrogens is 1. The van der Waals surface area contributed by atoms with Crippen LogP contribution in [0.4, 0.5) is 5.82 Å². The molecule has 2 aliphatic rings. The first kappa shape index (κ1) is 20.5. The van der Waals surface area contributed by atoms with Gasteiger partial charge in [0.1, 0.15) is 17.0 Å². The Morgan fingerprint density at radius 1 is 1.09 bits per heavy atom. The van der Waals surface area contributed by atoms with Crippen LogP contribution in [0.25, 0.3) is 28.2 Å². The highest BCUT2D eigenvalue weighted by molar-refractivity contribution is 6.35. The number of rotatable bonds is 3. The molecule has 5 aromatic rings. The largest absolute Gasteiger partial charge is 0.355 e. The molecule has 1 saturated heterocycles. The third-order valence-electron chi connectivity index (χ3n) is 7.38. The summed E-state index contributed by atoms with van der Waals surface area (Å²) in [5, 5.41) is 16.6. The van der Waals surface area contributed by atoms with Crippen molar-refractivity contribution in [3.05, 3.63) is 59.9 Å². The SMILES string of the molecule is N[C@@H]1c2ccnn2CC12CCN(c1cnc3c(-c4ccnc(-n5cccn5)c4Cl)n[nH]c3n1)CC2. The minimum atomic E-state index is 0.0209. The summed E-state index contributed by atoms with van der Waals surface area (Å²) in [6.07, 6.45) is 10.8. The lowest BCUT2D eigenvalue weighted by molar-refractivity contribution is 0.170. The van der Waals surface area contributed by atoms with Gasteiger partial charge in [0.2, 0.25) is 0 Å². The van der Waals surface area contributed by atoms with E-state index in [9.17, 15) is 0 Å². The monoisotopic (exact) mass is 487 g/mol. The molecule has 176 valence electrons. The molecule has 2 aliphatic heterocycles. The van der Waals surface area contributed by atoms with E-state index in [0.29, 0.717) is 33.3 Å².